The van der Waals surface area contributed by atoms with Gasteiger partial charge in [0.2, 0.25) is 0 Å². The molecule has 15 heavy (non-hydrogen) atoms. The minimum atomic E-state index is -0.480. The lowest BCUT2D eigenvalue weighted by molar-refractivity contribution is 0.138. The standard InChI is InChI=1S/C10H17BN2O2/c1-8(2)14-11(15-9(3)4)10-12-6-5-7-13-10/h5-9H,1-4H3. The molecule has 0 bridgehead atoms. The highest BCUT2D eigenvalue weighted by atomic mass is 16.6. The summed E-state index contributed by atoms with van der Waals surface area (Å²) < 4.78 is 11.2. The number of nitrogens with zero attached hydrogens (tertiary/aromatic N) is 2. The quantitative estimate of drug-likeness (QED) is 0.677. The van der Waals surface area contributed by atoms with Gasteiger partial charge in [0.05, 0.1) is 0 Å². The fourth-order valence-electron chi connectivity index (χ4n) is 1.08. The van der Waals surface area contributed by atoms with Gasteiger partial charge in [0.1, 0.15) is 0 Å². The molecule has 0 saturated carbocycles. The van der Waals surface area contributed by atoms with Gasteiger partial charge in [-0.15, -0.1) is 0 Å². The summed E-state index contributed by atoms with van der Waals surface area (Å²) in [4.78, 5) is 8.25. The number of hydrogen-bond acceptors (Lipinski definition) is 4. The molecule has 0 aliphatic heterocycles. The molecule has 0 spiro atoms. The van der Waals surface area contributed by atoms with E-state index in [0.29, 0.717) is 5.72 Å². The summed E-state index contributed by atoms with van der Waals surface area (Å²) in [6, 6.07) is 1.77. The molecule has 1 heterocycles. The molecule has 0 radical (unpaired) electrons. The van der Waals surface area contributed by atoms with Crippen LogP contribution in [0, 0.1) is 0 Å². The first kappa shape index (κ1) is 12.1. The molecule has 4 nitrogen and oxygen atoms in total. The van der Waals surface area contributed by atoms with E-state index in [1.807, 2.05) is 27.7 Å². The van der Waals surface area contributed by atoms with Crippen molar-refractivity contribution in [3.63, 3.8) is 0 Å². The van der Waals surface area contributed by atoms with Gasteiger partial charge in [0.25, 0.3) is 0 Å². The fraction of sp³-hybridized carbons (Fsp3) is 0.600. The molecule has 0 saturated heterocycles. The van der Waals surface area contributed by atoms with Crippen LogP contribution < -0.4 is 5.72 Å². The van der Waals surface area contributed by atoms with Crippen molar-refractivity contribution in [1.29, 1.82) is 0 Å². The Morgan fingerprint density at radius 3 is 1.87 bits per heavy atom. The van der Waals surface area contributed by atoms with E-state index >= 15 is 0 Å². The highest BCUT2D eigenvalue weighted by Crippen LogP contribution is 1.98. The van der Waals surface area contributed by atoms with Crippen molar-refractivity contribution in [3.8, 4) is 0 Å². The van der Waals surface area contributed by atoms with Gasteiger partial charge in [-0.25, -0.2) is 9.97 Å². The maximum absolute atomic E-state index is 5.60. The van der Waals surface area contributed by atoms with Crippen LogP contribution in [0.15, 0.2) is 18.5 Å². The zero-order valence-electron chi connectivity index (χ0n) is 9.68. The molecule has 0 aliphatic carbocycles. The van der Waals surface area contributed by atoms with Gasteiger partial charge in [0.15, 0.2) is 5.72 Å². The van der Waals surface area contributed by atoms with Gasteiger partial charge in [0, 0.05) is 24.6 Å². The highest BCUT2D eigenvalue weighted by molar-refractivity contribution is 6.59. The first-order valence-corrected chi connectivity index (χ1v) is 5.17. The molecule has 1 aromatic heterocycles. The van der Waals surface area contributed by atoms with Crippen LogP contribution in [0.4, 0.5) is 0 Å². The Hall–Kier alpha value is -0.935. The van der Waals surface area contributed by atoms with E-state index in [4.69, 9.17) is 9.31 Å². The van der Waals surface area contributed by atoms with Crippen molar-refractivity contribution < 1.29 is 9.31 Å². The molecule has 0 aromatic carbocycles. The normalized spacial score (nSPS) is 11.1. The predicted molar refractivity (Wildman–Crippen MR) is 59.9 cm³/mol. The summed E-state index contributed by atoms with van der Waals surface area (Å²) >= 11 is 0. The van der Waals surface area contributed by atoms with Crippen molar-refractivity contribution in [1.82, 2.24) is 9.97 Å². The summed E-state index contributed by atoms with van der Waals surface area (Å²) in [6.07, 6.45) is 3.53. The lowest BCUT2D eigenvalue weighted by Gasteiger charge is -2.17. The van der Waals surface area contributed by atoms with Gasteiger partial charge in [-0.05, 0) is 33.8 Å². The van der Waals surface area contributed by atoms with Crippen molar-refractivity contribution in [2.75, 3.05) is 0 Å². The van der Waals surface area contributed by atoms with Gasteiger partial charge >= 0.3 is 7.12 Å². The molecule has 1 aromatic rings. The van der Waals surface area contributed by atoms with Crippen LogP contribution in [-0.2, 0) is 9.31 Å². The smallest absolute Gasteiger partial charge is 0.403 e. The Balaban J connectivity index is 2.72. The van der Waals surface area contributed by atoms with Crippen molar-refractivity contribution in [2.45, 2.75) is 39.9 Å². The topological polar surface area (TPSA) is 44.2 Å². The van der Waals surface area contributed by atoms with Gasteiger partial charge < -0.3 is 9.31 Å². The predicted octanol–water partition coefficient (Wildman–Crippen LogP) is 1.02. The van der Waals surface area contributed by atoms with Crippen LogP contribution in [-0.4, -0.2) is 29.3 Å². The average molecular weight is 208 g/mol. The Kier molecular flexibility index (Phi) is 4.71. The van der Waals surface area contributed by atoms with Gasteiger partial charge in [-0.3, -0.25) is 0 Å². The van der Waals surface area contributed by atoms with E-state index in [0.717, 1.165) is 0 Å². The second-order valence-electron chi connectivity index (χ2n) is 3.81. The fourth-order valence-corrected chi connectivity index (χ4v) is 1.08. The molecule has 0 atom stereocenters. The molecule has 5 heteroatoms. The monoisotopic (exact) mass is 208 g/mol. The molecule has 0 fully saturated rings. The third kappa shape index (κ3) is 4.40. The lowest BCUT2D eigenvalue weighted by atomic mass is 9.87. The van der Waals surface area contributed by atoms with Crippen molar-refractivity contribution in [2.24, 2.45) is 0 Å². The molecular weight excluding hydrogens is 191 g/mol. The van der Waals surface area contributed by atoms with E-state index in [-0.39, 0.29) is 12.2 Å². The largest absolute Gasteiger partial charge is 0.534 e. The zero-order chi connectivity index (χ0) is 11.3. The summed E-state index contributed by atoms with van der Waals surface area (Å²) in [6.45, 7) is 7.83. The molecule has 0 aliphatic rings. The number of rotatable bonds is 5. The Morgan fingerprint density at radius 2 is 1.47 bits per heavy atom. The molecule has 82 valence electrons. The average Bonchev–Trinajstić information content (AvgIpc) is 2.17. The SMILES string of the molecule is CC(C)OB(OC(C)C)c1ncccn1. The second-order valence-corrected chi connectivity index (χ2v) is 3.81. The minimum Gasteiger partial charge on any atom is -0.403 e. The molecule has 0 amide bonds. The molecule has 0 N–H and O–H groups in total. The zero-order valence-corrected chi connectivity index (χ0v) is 9.68. The van der Waals surface area contributed by atoms with Crippen LogP contribution in [0.5, 0.6) is 0 Å². The molecular formula is C10H17BN2O2. The number of aromatic nitrogens is 2. The van der Waals surface area contributed by atoms with Crippen LogP contribution >= 0.6 is 0 Å². The maximum atomic E-state index is 5.60. The Morgan fingerprint density at radius 1 is 1.00 bits per heavy atom. The summed E-state index contributed by atoms with van der Waals surface area (Å²) in [5.41, 5.74) is 0.569. The van der Waals surface area contributed by atoms with Crippen LogP contribution in [0.3, 0.4) is 0 Å². The van der Waals surface area contributed by atoms with E-state index < -0.39 is 7.12 Å². The first-order valence-electron chi connectivity index (χ1n) is 5.17. The highest BCUT2D eigenvalue weighted by Gasteiger charge is 2.26. The maximum Gasteiger partial charge on any atom is 0.534 e. The van der Waals surface area contributed by atoms with E-state index in [1.54, 1.807) is 18.5 Å². The first-order chi connectivity index (χ1) is 7.09. The van der Waals surface area contributed by atoms with E-state index in [2.05, 4.69) is 9.97 Å². The van der Waals surface area contributed by atoms with Crippen molar-refractivity contribution >= 4 is 12.8 Å². The molecule has 0 unspecified atom stereocenters. The van der Waals surface area contributed by atoms with Gasteiger partial charge in [-0.1, -0.05) is 0 Å². The Bertz CT molecular complexity index is 270. The Labute approximate surface area is 91.2 Å². The van der Waals surface area contributed by atoms with Crippen molar-refractivity contribution in [3.05, 3.63) is 18.5 Å². The second kappa shape index (κ2) is 5.83. The third-order valence-corrected chi connectivity index (χ3v) is 1.59. The summed E-state index contributed by atoms with van der Waals surface area (Å²) in [5, 5.41) is 0. The lowest BCUT2D eigenvalue weighted by Crippen LogP contribution is -2.44. The number of hydrogen-bond donors (Lipinski definition) is 0. The van der Waals surface area contributed by atoms with E-state index in [1.165, 1.54) is 0 Å². The van der Waals surface area contributed by atoms with Crippen LogP contribution in [0.25, 0.3) is 0 Å². The third-order valence-electron chi connectivity index (χ3n) is 1.59. The summed E-state index contributed by atoms with van der Waals surface area (Å²) in [7, 11) is -0.480. The van der Waals surface area contributed by atoms with E-state index in [9.17, 15) is 0 Å². The minimum absolute atomic E-state index is 0.0811. The van der Waals surface area contributed by atoms with Crippen LogP contribution in [0.2, 0.25) is 0 Å². The molecule has 1 rings (SSSR count). The summed E-state index contributed by atoms with van der Waals surface area (Å²) in [5.74, 6) is 0. The van der Waals surface area contributed by atoms with Crippen LogP contribution in [0.1, 0.15) is 27.7 Å². The van der Waals surface area contributed by atoms with Gasteiger partial charge in [-0.2, -0.15) is 0 Å².